The fourth-order valence-electron chi connectivity index (χ4n) is 4.61. The van der Waals surface area contributed by atoms with Gasteiger partial charge in [0.2, 0.25) is 0 Å². The molecule has 0 aliphatic carbocycles. The van der Waals surface area contributed by atoms with E-state index in [1.807, 2.05) is 0 Å². The first-order chi connectivity index (χ1) is 14.9. The van der Waals surface area contributed by atoms with Crippen molar-refractivity contribution in [3.05, 3.63) is 36.3 Å². The van der Waals surface area contributed by atoms with Crippen LogP contribution in [0.25, 0.3) is 22.4 Å². The average molecular weight is 410 g/mol. The number of para-hydroxylation sites is 1. The molecule has 2 saturated heterocycles. The van der Waals surface area contributed by atoms with Gasteiger partial charge in [0.25, 0.3) is 5.89 Å². The Morgan fingerprint density at radius 1 is 0.900 bits per heavy atom. The van der Waals surface area contributed by atoms with Gasteiger partial charge >= 0.3 is 0 Å². The summed E-state index contributed by atoms with van der Waals surface area (Å²) in [5.74, 6) is 1.45. The Hall–Kier alpha value is -2.22. The minimum absolute atomic E-state index is 0.632. The van der Waals surface area contributed by atoms with E-state index in [-0.39, 0.29) is 0 Å². The predicted molar refractivity (Wildman–Crippen MR) is 116 cm³/mol. The Morgan fingerprint density at radius 3 is 2.57 bits per heavy atom. The molecule has 0 amide bonds. The van der Waals surface area contributed by atoms with Crippen molar-refractivity contribution in [3.63, 3.8) is 0 Å². The van der Waals surface area contributed by atoms with E-state index < -0.39 is 0 Å². The smallest absolute Gasteiger partial charge is 0.260 e. The van der Waals surface area contributed by atoms with Crippen molar-refractivity contribution < 1.29 is 9.26 Å². The molecule has 30 heavy (non-hydrogen) atoms. The van der Waals surface area contributed by atoms with E-state index in [0.29, 0.717) is 5.89 Å². The number of ether oxygens (including phenoxy) is 1. The average Bonchev–Trinajstić information content (AvgIpc) is 3.53. The van der Waals surface area contributed by atoms with Crippen molar-refractivity contribution in [2.45, 2.75) is 32.2 Å². The fourth-order valence-corrected chi connectivity index (χ4v) is 4.61. The van der Waals surface area contributed by atoms with E-state index in [0.717, 1.165) is 70.2 Å². The maximum absolute atomic E-state index is 5.67. The molecule has 3 aromatic rings. The van der Waals surface area contributed by atoms with Gasteiger partial charge in [-0.25, -0.2) is 0 Å². The molecule has 7 heteroatoms. The molecular weight excluding hydrogens is 378 g/mol. The zero-order chi connectivity index (χ0) is 20.2. The lowest BCUT2D eigenvalue weighted by Gasteiger charge is -2.26. The molecule has 0 atom stereocenters. The standard InChI is InChI=1S/C23H31N5O2/c1-2-7-21-19(6-1)20(18-28(21)13-12-27-14-16-29-17-15-27)23-24-22(25-30-23)8-5-11-26-9-3-4-10-26/h1-2,6-7,18H,3-5,8-17H2. The summed E-state index contributed by atoms with van der Waals surface area (Å²) < 4.78 is 13.5. The maximum Gasteiger partial charge on any atom is 0.260 e. The van der Waals surface area contributed by atoms with Crippen molar-refractivity contribution in [2.75, 3.05) is 52.5 Å². The molecule has 0 radical (unpaired) electrons. The molecule has 0 unspecified atom stereocenters. The van der Waals surface area contributed by atoms with Gasteiger partial charge in [-0.1, -0.05) is 23.4 Å². The van der Waals surface area contributed by atoms with Crippen LogP contribution in [0.5, 0.6) is 0 Å². The molecule has 5 rings (SSSR count). The molecule has 0 spiro atoms. The summed E-state index contributed by atoms with van der Waals surface area (Å²) in [5.41, 5.74) is 2.25. The number of likely N-dealkylation sites (tertiary alicyclic amines) is 1. The normalized spacial score (nSPS) is 18.5. The molecule has 0 N–H and O–H groups in total. The monoisotopic (exact) mass is 409 g/mol. The lowest BCUT2D eigenvalue weighted by Crippen LogP contribution is -2.38. The Balaban J connectivity index is 1.28. The molecule has 2 aromatic heterocycles. The first-order valence-corrected chi connectivity index (χ1v) is 11.3. The van der Waals surface area contributed by atoms with Crippen molar-refractivity contribution in [2.24, 2.45) is 0 Å². The van der Waals surface area contributed by atoms with Gasteiger partial charge in [-0.15, -0.1) is 0 Å². The summed E-state index contributed by atoms with van der Waals surface area (Å²) >= 11 is 0. The first-order valence-electron chi connectivity index (χ1n) is 11.3. The number of aryl methyl sites for hydroxylation is 1. The third-order valence-electron chi connectivity index (χ3n) is 6.32. The summed E-state index contributed by atoms with van der Waals surface area (Å²) in [7, 11) is 0. The fraction of sp³-hybridized carbons (Fsp3) is 0.565. The van der Waals surface area contributed by atoms with Gasteiger partial charge in [0.05, 0.1) is 18.8 Å². The summed E-state index contributed by atoms with van der Waals surface area (Å²) in [6, 6.07) is 8.49. The minimum atomic E-state index is 0.632. The number of fused-ring (bicyclic) bond motifs is 1. The van der Waals surface area contributed by atoms with Crippen LogP contribution in [0.15, 0.2) is 35.0 Å². The van der Waals surface area contributed by atoms with E-state index in [1.165, 1.54) is 36.8 Å². The van der Waals surface area contributed by atoms with Crippen LogP contribution in [0.1, 0.15) is 25.1 Å². The van der Waals surface area contributed by atoms with E-state index in [9.17, 15) is 0 Å². The number of benzene rings is 1. The number of hydrogen-bond acceptors (Lipinski definition) is 6. The summed E-state index contributed by atoms with van der Waals surface area (Å²) in [6.07, 6.45) is 6.80. The van der Waals surface area contributed by atoms with E-state index in [4.69, 9.17) is 14.2 Å². The number of aromatic nitrogens is 3. The number of nitrogens with zero attached hydrogens (tertiary/aromatic N) is 5. The molecule has 2 fully saturated rings. The minimum Gasteiger partial charge on any atom is -0.379 e. The van der Waals surface area contributed by atoms with Gasteiger partial charge in [0.1, 0.15) is 0 Å². The second kappa shape index (κ2) is 9.29. The van der Waals surface area contributed by atoms with Gasteiger partial charge in [-0.05, 0) is 45.0 Å². The van der Waals surface area contributed by atoms with E-state index in [1.54, 1.807) is 0 Å². The molecule has 160 valence electrons. The van der Waals surface area contributed by atoms with Crippen LogP contribution < -0.4 is 0 Å². The van der Waals surface area contributed by atoms with Crippen LogP contribution in [0.3, 0.4) is 0 Å². The third-order valence-corrected chi connectivity index (χ3v) is 6.32. The third kappa shape index (κ3) is 4.43. The van der Waals surface area contributed by atoms with Crippen LogP contribution in [0.4, 0.5) is 0 Å². The van der Waals surface area contributed by atoms with Crippen LogP contribution in [0, 0.1) is 0 Å². The lowest BCUT2D eigenvalue weighted by atomic mass is 10.2. The van der Waals surface area contributed by atoms with Gasteiger partial charge in [0, 0.05) is 49.7 Å². The molecule has 2 aliphatic heterocycles. The summed E-state index contributed by atoms with van der Waals surface area (Å²) in [6.45, 7) is 9.26. The zero-order valence-electron chi connectivity index (χ0n) is 17.6. The highest BCUT2D eigenvalue weighted by molar-refractivity contribution is 5.94. The van der Waals surface area contributed by atoms with Crippen LogP contribution in [-0.2, 0) is 17.7 Å². The number of rotatable bonds is 8. The van der Waals surface area contributed by atoms with Gasteiger partial charge in [-0.2, -0.15) is 4.98 Å². The second-order valence-corrected chi connectivity index (χ2v) is 8.38. The van der Waals surface area contributed by atoms with Gasteiger partial charge < -0.3 is 18.7 Å². The molecule has 0 saturated carbocycles. The molecular formula is C23H31N5O2. The molecule has 7 nitrogen and oxygen atoms in total. The first kappa shape index (κ1) is 19.7. The van der Waals surface area contributed by atoms with Crippen molar-refractivity contribution in [1.29, 1.82) is 0 Å². The highest BCUT2D eigenvalue weighted by Crippen LogP contribution is 2.29. The Kier molecular flexibility index (Phi) is 6.11. The second-order valence-electron chi connectivity index (χ2n) is 8.38. The van der Waals surface area contributed by atoms with Crippen LogP contribution in [0.2, 0.25) is 0 Å². The largest absolute Gasteiger partial charge is 0.379 e. The molecule has 1 aromatic carbocycles. The summed E-state index contributed by atoms with van der Waals surface area (Å²) in [5, 5.41) is 5.43. The summed E-state index contributed by atoms with van der Waals surface area (Å²) in [4.78, 5) is 9.71. The van der Waals surface area contributed by atoms with Crippen molar-refractivity contribution in [3.8, 4) is 11.5 Å². The number of hydrogen-bond donors (Lipinski definition) is 0. The van der Waals surface area contributed by atoms with Gasteiger partial charge in [0.15, 0.2) is 5.82 Å². The SMILES string of the molecule is c1ccc2c(c1)c(-c1nc(CCCN3CCCC3)no1)cn2CCN1CCOCC1. The Labute approximate surface area is 177 Å². The number of morpholine rings is 1. The Bertz CT molecular complexity index is 954. The highest BCUT2D eigenvalue weighted by atomic mass is 16.5. The predicted octanol–water partition coefficient (Wildman–Crippen LogP) is 3.05. The quantitative estimate of drug-likeness (QED) is 0.570. The van der Waals surface area contributed by atoms with Crippen LogP contribution in [-0.4, -0.2) is 77.0 Å². The highest BCUT2D eigenvalue weighted by Gasteiger charge is 2.18. The van der Waals surface area contributed by atoms with E-state index >= 15 is 0 Å². The Morgan fingerprint density at radius 2 is 1.70 bits per heavy atom. The molecule has 4 heterocycles. The maximum atomic E-state index is 5.67. The molecule has 2 aliphatic rings. The van der Waals surface area contributed by atoms with Crippen LogP contribution >= 0.6 is 0 Å². The van der Waals surface area contributed by atoms with Crippen molar-refractivity contribution >= 4 is 10.9 Å². The van der Waals surface area contributed by atoms with Gasteiger partial charge in [-0.3, -0.25) is 4.90 Å². The van der Waals surface area contributed by atoms with E-state index in [2.05, 4.69) is 50.0 Å². The topological polar surface area (TPSA) is 59.6 Å². The zero-order valence-corrected chi connectivity index (χ0v) is 17.6. The van der Waals surface area contributed by atoms with Crippen molar-refractivity contribution in [1.82, 2.24) is 24.5 Å². The lowest BCUT2D eigenvalue weighted by molar-refractivity contribution is 0.0365. The molecule has 0 bridgehead atoms.